The topological polar surface area (TPSA) is 37.3 Å². The van der Waals surface area contributed by atoms with Gasteiger partial charge in [-0.15, -0.1) is 0 Å². The number of carbonyl (C=O) groups is 1. The summed E-state index contributed by atoms with van der Waals surface area (Å²) in [5, 5.41) is 3.38. The molecule has 0 atom stereocenters. The minimum Gasteiger partial charge on any atom is -0.340 e. The number of carbonyl (C=O) groups excluding carboxylic acids is 1. The number of piperidine rings is 1. The molecule has 0 spiro atoms. The molecule has 110 valence electrons. The van der Waals surface area contributed by atoms with E-state index in [1.165, 1.54) is 12.8 Å². The standard InChI is InChI=1S/C16H25N3O/c1-2-18(12-13-5-6-13)16(20)15-4-3-11-19(15)14-7-9-17-10-8-14/h3-4,11,13-14,17H,2,5-10,12H2,1H3. The van der Waals surface area contributed by atoms with Crippen LogP contribution >= 0.6 is 0 Å². The highest BCUT2D eigenvalue weighted by molar-refractivity contribution is 5.92. The number of rotatable bonds is 5. The predicted molar refractivity (Wildman–Crippen MR) is 79.9 cm³/mol. The third kappa shape index (κ3) is 2.90. The van der Waals surface area contributed by atoms with Gasteiger partial charge in [0.25, 0.3) is 5.91 Å². The van der Waals surface area contributed by atoms with Crippen LogP contribution in [0.25, 0.3) is 0 Å². The summed E-state index contributed by atoms with van der Waals surface area (Å²) in [5.74, 6) is 0.962. The zero-order chi connectivity index (χ0) is 13.9. The van der Waals surface area contributed by atoms with Gasteiger partial charge >= 0.3 is 0 Å². The average Bonchev–Trinajstić information content (AvgIpc) is 3.18. The van der Waals surface area contributed by atoms with E-state index < -0.39 is 0 Å². The van der Waals surface area contributed by atoms with E-state index in [0.29, 0.717) is 6.04 Å². The van der Waals surface area contributed by atoms with Crippen molar-refractivity contribution in [1.82, 2.24) is 14.8 Å². The van der Waals surface area contributed by atoms with E-state index in [9.17, 15) is 4.79 Å². The van der Waals surface area contributed by atoms with Crippen LogP contribution in [0, 0.1) is 5.92 Å². The molecule has 4 nitrogen and oxygen atoms in total. The summed E-state index contributed by atoms with van der Waals surface area (Å²) in [6.45, 7) is 5.93. The molecule has 2 heterocycles. The van der Waals surface area contributed by atoms with Gasteiger partial charge in [0.1, 0.15) is 5.69 Å². The molecule has 1 saturated carbocycles. The van der Waals surface area contributed by atoms with Crippen molar-refractivity contribution in [3.05, 3.63) is 24.0 Å². The van der Waals surface area contributed by atoms with Crippen LogP contribution in [0.2, 0.25) is 0 Å². The molecule has 2 aliphatic rings. The lowest BCUT2D eigenvalue weighted by molar-refractivity contribution is 0.0742. The number of nitrogens with one attached hydrogen (secondary N) is 1. The molecule has 4 heteroatoms. The fraction of sp³-hybridized carbons (Fsp3) is 0.688. The summed E-state index contributed by atoms with van der Waals surface area (Å²) < 4.78 is 2.21. The quantitative estimate of drug-likeness (QED) is 0.895. The second kappa shape index (κ2) is 6.00. The highest BCUT2D eigenvalue weighted by atomic mass is 16.2. The van der Waals surface area contributed by atoms with E-state index in [1.807, 2.05) is 17.0 Å². The molecule has 1 aliphatic carbocycles. The number of amides is 1. The molecule has 1 aliphatic heterocycles. The summed E-state index contributed by atoms with van der Waals surface area (Å²) in [4.78, 5) is 14.8. The Morgan fingerprint density at radius 1 is 1.35 bits per heavy atom. The van der Waals surface area contributed by atoms with Crippen LogP contribution in [0.15, 0.2) is 18.3 Å². The Labute approximate surface area is 121 Å². The maximum Gasteiger partial charge on any atom is 0.270 e. The summed E-state index contributed by atoms with van der Waals surface area (Å²) in [7, 11) is 0. The highest BCUT2D eigenvalue weighted by Gasteiger charge is 2.28. The van der Waals surface area contributed by atoms with Crippen molar-refractivity contribution < 1.29 is 4.79 Å². The molecular weight excluding hydrogens is 250 g/mol. The van der Waals surface area contributed by atoms with Gasteiger partial charge in [0.05, 0.1) is 0 Å². The molecule has 0 bridgehead atoms. The molecule has 1 amide bonds. The molecule has 0 radical (unpaired) electrons. The largest absolute Gasteiger partial charge is 0.340 e. The first-order chi connectivity index (χ1) is 9.79. The van der Waals surface area contributed by atoms with Crippen molar-refractivity contribution in [1.29, 1.82) is 0 Å². The third-order valence-corrected chi connectivity index (χ3v) is 4.54. The monoisotopic (exact) mass is 275 g/mol. The Hall–Kier alpha value is -1.29. The molecule has 0 unspecified atom stereocenters. The Morgan fingerprint density at radius 2 is 2.10 bits per heavy atom. The van der Waals surface area contributed by atoms with E-state index in [4.69, 9.17) is 0 Å². The van der Waals surface area contributed by atoms with Crippen molar-refractivity contribution in [2.24, 2.45) is 5.92 Å². The third-order valence-electron chi connectivity index (χ3n) is 4.54. The zero-order valence-electron chi connectivity index (χ0n) is 12.3. The van der Waals surface area contributed by atoms with Crippen LogP contribution in [0.4, 0.5) is 0 Å². The van der Waals surface area contributed by atoms with Gasteiger partial charge in [0.2, 0.25) is 0 Å². The van der Waals surface area contributed by atoms with Gasteiger partial charge in [-0.1, -0.05) is 0 Å². The van der Waals surface area contributed by atoms with E-state index in [0.717, 1.165) is 50.6 Å². The maximum atomic E-state index is 12.8. The second-order valence-corrected chi connectivity index (χ2v) is 6.07. The maximum absolute atomic E-state index is 12.8. The Balaban J connectivity index is 1.74. The van der Waals surface area contributed by atoms with Gasteiger partial charge in [-0.25, -0.2) is 0 Å². The molecule has 1 aromatic rings. The minimum absolute atomic E-state index is 0.211. The second-order valence-electron chi connectivity index (χ2n) is 6.07. The predicted octanol–water partition coefficient (Wildman–Crippen LogP) is 2.28. The smallest absolute Gasteiger partial charge is 0.270 e. The number of hydrogen-bond acceptors (Lipinski definition) is 2. The molecule has 1 saturated heterocycles. The molecule has 20 heavy (non-hydrogen) atoms. The molecule has 3 rings (SSSR count). The molecule has 2 fully saturated rings. The van der Waals surface area contributed by atoms with Gasteiger partial charge in [-0.3, -0.25) is 4.79 Å². The van der Waals surface area contributed by atoms with Crippen LogP contribution in [-0.4, -0.2) is 41.6 Å². The summed E-state index contributed by atoms with van der Waals surface area (Å²) in [6.07, 6.45) is 6.89. The van der Waals surface area contributed by atoms with Crippen LogP contribution in [0.3, 0.4) is 0 Å². The van der Waals surface area contributed by atoms with Crippen molar-refractivity contribution in [2.45, 2.75) is 38.6 Å². The average molecular weight is 275 g/mol. The van der Waals surface area contributed by atoms with E-state index in [2.05, 4.69) is 23.0 Å². The molecule has 0 aromatic carbocycles. The lowest BCUT2D eigenvalue weighted by atomic mass is 10.1. The van der Waals surface area contributed by atoms with Gasteiger partial charge in [0, 0.05) is 25.3 Å². The lowest BCUT2D eigenvalue weighted by Crippen LogP contribution is -2.36. The van der Waals surface area contributed by atoms with E-state index in [-0.39, 0.29) is 5.91 Å². The number of nitrogens with zero attached hydrogens (tertiary/aromatic N) is 2. The normalized spacial score (nSPS) is 20.1. The Bertz CT molecular complexity index is 458. The van der Waals surface area contributed by atoms with E-state index >= 15 is 0 Å². The van der Waals surface area contributed by atoms with Gasteiger partial charge in [-0.2, -0.15) is 0 Å². The summed E-state index contributed by atoms with van der Waals surface area (Å²) in [6, 6.07) is 4.48. The van der Waals surface area contributed by atoms with Gasteiger partial charge in [-0.05, 0) is 63.7 Å². The first kappa shape index (κ1) is 13.7. The zero-order valence-corrected chi connectivity index (χ0v) is 12.3. The Kier molecular flexibility index (Phi) is 4.10. The van der Waals surface area contributed by atoms with Crippen LogP contribution in [0.1, 0.15) is 49.1 Å². The fourth-order valence-electron chi connectivity index (χ4n) is 3.11. The van der Waals surface area contributed by atoms with E-state index in [1.54, 1.807) is 0 Å². The summed E-state index contributed by atoms with van der Waals surface area (Å²) in [5.41, 5.74) is 0.874. The van der Waals surface area contributed by atoms with Crippen molar-refractivity contribution in [2.75, 3.05) is 26.2 Å². The SMILES string of the molecule is CCN(CC1CC1)C(=O)c1cccn1C1CCNCC1. The lowest BCUT2D eigenvalue weighted by Gasteiger charge is -2.28. The minimum atomic E-state index is 0.211. The van der Waals surface area contributed by atoms with Crippen molar-refractivity contribution in [3.8, 4) is 0 Å². The number of hydrogen-bond donors (Lipinski definition) is 1. The molecular formula is C16H25N3O. The van der Waals surface area contributed by atoms with Gasteiger partial charge in [0.15, 0.2) is 0 Å². The first-order valence-corrected chi connectivity index (χ1v) is 7.96. The highest BCUT2D eigenvalue weighted by Crippen LogP contribution is 2.30. The van der Waals surface area contributed by atoms with Gasteiger partial charge < -0.3 is 14.8 Å². The summed E-state index contributed by atoms with van der Waals surface area (Å²) >= 11 is 0. The molecule has 1 N–H and O–H groups in total. The molecule has 1 aromatic heterocycles. The number of aromatic nitrogens is 1. The van der Waals surface area contributed by atoms with Crippen LogP contribution in [-0.2, 0) is 0 Å². The fourth-order valence-corrected chi connectivity index (χ4v) is 3.11. The van der Waals surface area contributed by atoms with Crippen LogP contribution < -0.4 is 5.32 Å². The van der Waals surface area contributed by atoms with Crippen molar-refractivity contribution in [3.63, 3.8) is 0 Å². The van der Waals surface area contributed by atoms with Crippen molar-refractivity contribution >= 4 is 5.91 Å². The first-order valence-electron chi connectivity index (χ1n) is 7.96. The Morgan fingerprint density at radius 3 is 2.75 bits per heavy atom. The van der Waals surface area contributed by atoms with Crippen LogP contribution in [0.5, 0.6) is 0 Å².